The van der Waals surface area contributed by atoms with Crippen LogP contribution in [0.3, 0.4) is 0 Å². The lowest BCUT2D eigenvalue weighted by atomic mass is 9.94. The molecule has 0 heterocycles. The lowest BCUT2D eigenvalue weighted by Gasteiger charge is -2.33. The van der Waals surface area contributed by atoms with E-state index in [1.54, 1.807) is 0 Å². The van der Waals surface area contributed by atoms with E-state index in [-0.39, 0.29) is 0 Å². The third-order valence-corrected chi connectivity index (χ3v) is 3.85. The molecule has 2 nitrogen and oxygen atoms in total. The fraction of sp³-hybridized carbons (Fsp3) is 0.538. The maximum Gasteiger partial charge on any atom is 0.0636 e. The fourth-order valence-corrected chi connectivity index (χ4v) is 2.55. The minimum Gasteiger partial charge on any atom is -0.397 e. The molecule has 1 aliphatic rings. The summed E-state index contributed by atoms with van der Waals surface area (Å²) in [5.41, 5.74) is 7.67. The Balaban J connectivity index is 2.12. The van der Waals surface area contributed by atoms with Crippen molar-refractivity contribution in [3.63, 3.8) is 0 Å². The van der Waals surface area contributed by atoms with Gasteiger partial charge in [-0.3, -0.25) is 0 Å². The zero-order valence-corrected chi connectivity index (χ0v) is 10.5. The molecule has 2 N–H and O–H groups in total. The molecule has 0 spiro atoms. The first-order valence-corrected chi connectivity index (χ1v) is 6.34. The lowest BCUT2D eigenvalue weighted by molar-refractivity contribution is 0.427. The molecule has 1 fully saturated rings. The van der Waals surface area contributed by atoms with E-state index in [1.165, 1.54) is 37.8 Å². The van der Waals surface area contributed by atoms with Crippen molar-refractivity contribution in [3.05, 3.63) is 23.2 Å². The average molecular weight is 239 g/mol. The van der Waals surface area contributed by atoms with Crippen LogP contribution in [-0.2, 0) is 0 Å². The number of halogens is 1. The standard InChI is InChI=1S/C13H19ClN2/c1-16(10-5-3-2-4-6-10)11-7-8-12(14)13(15)9-11/h7-10H,2-6,15H2,1H3. The predicted molar refractivity (Wildman–Crippen MR) is 71.1 cm³/mol. The molecule has 0 atom stereocenters. The van der Waals surface area contributed by atoms with Crippen LogP contribution in [0.1, 0.15) is 32.1 Å². The normalized spacial score (nSPS) is 17.4. The summed E-state index contributed by atoms with van der Waals surface area (Å²) < 4.78 is 0. The molecule has 1 aliphatic carbocycles. The molecule has 1 aromatic carbocycles. The molecular weight excluding hydrogens is 220 g/mol. The smallest absolute Gasteiger partial charge is 0.0636 e. The van der Waals surface area contributed by atoms with Gasteiger partial charge < -0.3 is 10.6 Å². The van der Waals surface area contributed by atoms with E-state index in [9.17, 15) is 0 Å². The van der Waals surface area contributed by atoms with E-state index < -0.39 is 0 Å². The monoisotopic (exact) mass is 238 g/mol. The van der Waals surface area contributed by atoms with Crippen molar-refractivity contribution < 1.29 is 0 Å². The second kappa shape index (κ2) is 4.96. The maximum atomic E-state index is 5.93. The number of nitrogens with zero attached hydrogens (tertiary/aromatic N) is 1. The number of nitrogens with two attached hydrogens (primary N) is 1. The molecular formula is C13H19ClN2. The van der Waals surface area contributed by atoms with E-state index in [2.05, 4.69) is 11.9 Å². The van der Waals surface area contributed by atoms with Crippen LogP contribution in [0.25, 0.3) is 0 Å². The van der Waals surface area contributed by atoms with Gasteiger partial charge in [-0.15, -0.1) is 0 Å². The zero-order valence-electron chi connectivity index (χ0n) is 9.75. The Morgan fingerprint density at radius 1 is 1.25 bits per heavy atom. The SMILES string of the molecule is CN(c1ccc(Cl)c(N)c1)C1CCCCC1. The van der Waals surface area contributed by atoms with Crippen LogP contribution in [0.5, 0.6) is 0 Å². The molecule has 16 heavy (non-hydrogen) atoms. The van der Waals surface area contributed by atoms with Crippen LogP contribution in [0.15, 0.2) is 18.2 Å². The van der Waals surface area contributed by atoms with E-state index in [0.717, 1.165) is 0 Å². The number of nitrogen functional groups attached to an aromatic ring is 1. The molecule has 0 bridgehead atoms. The van der Waals surface area contributed by atoms with E-state index in [1.807, 2.05) is 18.2 Å². The van der Waals surface area contributed by atoms with Gasteiger partial charge in [0.05, 0.1) is 10.7 Å². The van der Waals surface area contributed by atoms with Crippen LogP contribution in [0, 0.1) is 0 Å². The van der Waals surface area contributed by atoms with E-state index in [4.69, 9.17) is 17.3 Å². The van der Waals surface area contributed by atoms with Crippen LogP contribution >= 0.6 is 11.6 Å². The first-order valence-electron chi connectivity index (χ1n) is 5.96. The largest absolute Gasteiger partial charge is 0.397 e. The Bertz CT molecular complexity index is 359. The molecule has 0 unspecified atom stereocenters. The second-order valence-corrected chi connectivity index (χ2v) is 5.02. The molecule has 0 aromatic heterocycles. The summed E-state index contributed by atoms with van der Waals surface area (Å²) in [7, 11) is 2.15. The highest BCUT2D eigenvalue weighted by molar-refractivity contribution is 6.33. The second-order valence-electron chi connectivity index (χ2n) is 4.61. The number of anilines is 2. The van der Waals surface area contributed by atoms with Crippen molar-refractivity contribution in [2.75, 3.05) is 17.7 Å². The number of benzene rings is 1. The molecule has 1 aromatic rings. The third kappa shape index (κ3) is 2.43. The zero-order chi connectivity index (χ0) is 11.5. The van der Waals surface area contributed by atoms with Crippen molar-refractivity contribution in [3.8, 4) is 0 Å². The Hall–Kier alpha value is -0.890. The van der Waals surface area contributed by atoms with Gasteiger partial charge in [-0.2, -0.15) is 0 Å². The maximum absolute atomic E-state index is 5.93. The Labute approximate surface area is 102 Å². The quantitative estimate of drug-likeness (QED) is 0.797. The van der Waals surface area contributed by atoms with Crippen molar-refractivity contribution >= 4 is 23.0 Å². The number of rotatable bonds is 2. The summed E-state index contributed by atoms with van der Waals surface area (Å²) in [4.78, 5) is 2.34. The molecule has 0 aliphatic heterocycles. The highest BCUT2D eigenvalue weighted by atomic mass is 35.5. The van der Waals surface area contributed by atoms with Crippen LogP contribution in [0.4, 0.5) is 11.4 Å². The first kappa shape index (κ1) is 11.6. The van der Waals surface area contributed by atoms with Crippen molar-refractivity contribution in [2.24, 2.45) is 0 Å². The molecule has 0 saturated heterocycles. The predicted octanol–water partition coefficient (Wildman–Crippen LogP) is 3.69. The Morgan fingerprint density at radius 2 is 1.94 bits per heavy atom. The van der Waals surface area contributed by atoms with E-state index >= 15 is 0 Å². The molecule has 0 radical (unpaired) electrons. The summed E-state index contributed by atoms with van der Waals surface area (Å²) in [6.45, 7) is 0. The number of hydrogen-bond acceptors (Lipinski definition) is 2. The minimum absolute atomic E-state index is 0.640. The van der Waals surface area contributed by atoms with E-state index in [0.29, 0.717) is 16.8 Å². The molecule has 3 heteroatoms. The molecule has 88 valence electrons. The van der Waals surface area contributed by atoms with Gasteiger partial charge in [0.25, 0.3) is 0 Å². The topological polar surface area (TPSA) is 29.3 Å². The molecule has 1 saturated carbocycles. The Morgan fingerprint density at radius 3 is 2.56 bits per heavy atom. The highest BCUT2D eigenvalue weighted by Crippen LogP contribution is 2.29. The van der Waals surface area contributed by atoms with Gasteiger partial charge >= 0.3 is 0 Å². The lowest BCUT2D eigenvalue weighted by Crippen LogP contribution is -2.33. The van der Waals surface area contributed by atoms with Gasteiger partial charge in [-0.1, -0.05) is 30.9 Å². The third-order valence-electron chi connectivity index (χ3n) is 3.51. The summed E-state index contributed by atoms with van der Waals surface area (Å²) in [6.07, 6.45) is 6.65. The van der Waals surface area contributed by atoms with Gasteiger partial charge in [0.2, 0.25) is 0 Å². The van der Waals surface area contributed by atoms with Gasteiger partial charge in [0.15, 0.2) is 0 Å². The van der Waals surface area contributed by atoms with Gasteiger partial charge in [-0.05, 0) is 31.0 Å². The van der Waals surface area contributed by atoms with Gasteiger partial charge in [-0.25, -0.2) is 0 Å². The summed E-state index contributed by atoms with van der Waals surface area (Å²) in [6, 6.07) is 6.56. The van der Waals surface area contributed by atoms with Crippen molar-refractivity contribution in [1.82, 2.24) is 0 Å². The van der Waals surface area contributed by atoms with Gasteiger partial charge in [0, 0.05) is 18.8 Å². The van der Waals surface area contributed by atoms with Crippen LogP contribution in [-0.4, -0.2) is 13.1 Å². The summed E-state index contributed by atoms with van der Waals surface area (Å²) in [5, 5.41) is 0.640. The molecule has 2 rings (SSSR count). The minimum atomic E-state index is 0.640. The average Bonchev–Trinajstić information content (AvgIpc) is 2.33. The Kier molecular flexibility index (Phi) is 3.59. The van der Waals surface area contributed by atoms with Crippen LogP contribution in [0.2, 0.25) is 5.02 Å². The van der Waals surface area contributed by atoms with Crippen LogP contribution < -0.4 is 10.6 Å². The molecule has 0 amide bonds. The van der Waals surface area contributed by atoms with Crippen molar-refractivity contribution in [1.29, 1.82) is 0 Å². The fourth-order valence-electron chi connectivity index (χ4n) is 2.43. The van der Waals surface area contributed by atoms with Gasteiger partial charge in [0.1, 0.15) is 0 Å². The van der Waals surface area contributed by atoms with Crippen molar-refractivity contribution in [2.45, 2.75) is 38.1 Å². The summed E-state index contributed by atoms with van der Waals surface area (Å²) >= 11 is 5.93. The highest BCUT2D eigenvalue weighted by Gasteiger charge is 2.18. The summed E-state index contributed by atoms with van der Waals surface area (Å²) in [5.74, 6) is 0. The number of hydrogen-bond donors (Lipinski definition) is 1. The first-order chi connectivity index (χ1) is 7.68.